The van der Waals surface area contributed by atoms with Crippen LogP contribution in [0.5, 0.6) is 17.2 Å². The second-order valence-electron chi connectivity index (χ2n) is 8.18. The van der Waals surface area contributed by atoms with Gasteiger partial charge in [0.25, 0.3) is 0 Å². The third-order valence-corrected chi connectivity index (χ3v) is 5.93. The molecule has 2 aromatic heterocycles. The van der Waals surface area contributed by atoms with Crippen molar-refractivity contribution in [3.8, 4) is 17.2 Å². The smallest absolute Gasteiger partial charge is 0.151 e. The van der Waals surface area contributed by atoms with Gasteiger partial charge in [-0.15, -0.1) is 11.3 Å². The summed E-state index contributed by atoms with van der Waals surface area (Å²) in [5, 5.41) is 12.1. The lowest BCUT2D eigenvalue weighted by molar-refractivity contribution is 0.306. The molecule has 186 valence electrons. The first-order valence-corrected chi connectivity index (χ1v) is 11.8. The van der Waals surface area contributed by atoms with E-state index in [-0.39, 0.29) is 58.4 Å². The molecule has 2 heterocycles. The van der Waals surface area contributed by atoms with Gasteiger partial charge in [-0.3, -0.25) is 0 Å². The number of ether oxygens (including phenoxy) is 2. The van der Waals surface area contributed by atoms with Crippen LogP contribution in [0.15, 0.2) is 48.9 Å². The van der Waals surface area contributed by atoms with Gasteiger partial charge in [-0.25, -0.2) is 23.7 Å². The van der Waals surface area contributed by atoms with Gasteiger partial charge in [0.15, 0.2) is 5.82 Å². The van der Waals surface area contributed by atoms with Gasteiger partial charge < -0.3 is 25.9 Å². The standard InChI is InChI=1S/C25H24F2N6O2S/c1-13(2)22(28)23-24(25(29)32-12-31-23)33-21-5-4-16(9-20(21)27)35-18-7-15(26)6-17(8-18)34-11-19-10-30-14(3)36-19/h4-10,12-13,28,33H,11H2,1-3H3,(H2,29,31,32). The van der Waals surface area contributed by atoms with Crippen LogP contribution >= 0.6 is 11.3 Å². The Morgan fingerprint density at radius 3 is 2.56 bits per heavy atom. The van der Waals surface area contributed by atoms with Crippen molar-refractivity contribution in [3.63, 3.8) is 0 Å². The molecule has 0 bridgehead atoms. The molecule has 0 spiro atoms. The number of halogens is 2. The molecule has 0 aliphatic carbocycles. The topological polar surface area (TPSA) is 119 Å². The maximum absolute atomic E-state index is 14.9. The van der Waals surface area contributed by atoms with E-state index < -0.39 is 11.6 Å². The minimum Gasteiger partial charge on any atom is -0.488 e. The zero-order valence-electron chi connectivity index (χ0n) is 19.8. The quantitative estimate of drug-likeness (QED) is 0.228. The summed E-state index contributed by atoms with van der Waals surface area (Å²) in [7, 11) is 0. The Bertz CT molecular complexity index is 1410. The molecule has 0 saturated heterocycles. The van der Waals surface area contributed by atoms with E-state index in [2.05, 4.69) is 20.3 Å². The van der Waals surface area contributed by atoms with Gasteiger partial charge in [-0.05, 0) is 25.0 Å². The van der Waals surface area contributed by atoms with Crippen molar-refractivity contribution < 1.29 is 18.3 Å². The highest BCUT2D eigenvalue weighted by Crippen LogP contribution is 2.32. The molecule has 0 fully saturated rings. The fourth-order valence-corrected chi connectivity index (χ4v) is 3.95. The van der Waals surface area contributed by atoms with Gasteiger partial charge in [0.1, 0.15) is 53.2 Å². The Hall–Kier alpha value is -4.12. The summed E-state index contributed by atoms with van der Waals surface area (Å²) in [6.07, 6.45) is 2.97. The summed E-state index contributed by atoms with van der Waals surface area (Å²) >= 11 is 1.49. The largest absolute Gasteiger partial charge is 0.488 e. The minimum absolute atomic E-state index is 0.0878. The molecule has 4 rings (SSSR count). The van der Waals surface area contributed by atoms with Crippen molar-refractivity contribution in [1.82, 2.24) is 15.0 Å². The Labute approximate surface area is 210 Å². The number of thiazole rings is 1. The lowest BCUT2D eigenvalue weighted by Gasteiger charge is -2.16. The van der Waals surface area contributed by atoms with Crippen LogP contribution in [0.1, 0.15) is 29.4 Å². The molecule has 0 unspecified atom stereocenters. The van der Waals surface area contributed by atoms with E-state index in [4.69, 9.17) is 20.6 Å². The molecule has 11 heteroatoms. The number of nitrogens with two attached hydrogens (primary N) is 1. The Morgan fingerprint density at radius 1 is 1.08 bits per heavy atom. The SMILES string of the molecule is Cc1ncc(COc2cc(F)cc(Oc3ccc(Nc4c(N)ncnc4C(=N)C(C)C)c(F)c3)c2)s1. The van der Waals surface area contributed by atoms with Crippen molar-refractivity contribution in [1.29, 1.82) is 5.41 Å². The van der Waals surface area contributed by atoms with Gasteiger partial charge in [-0.2, -0.15) is 0 Å². The van der Waals surface area contributed by atoms with Crippen LogP contribution in [0.25, 0.3) is 0 Å². The number of nitrogen functional groups attached to an aromatic ring is 1. The van der Waals surface area contributed by atoms with Crippen molar-refractivity contribution >= 4 is 34.2 Å². The molecule has 0 saturated carbocycles. The number of nitrogens with zero attached hydrogens (tertiary/aromatic N) is 3. The van der Waals surface area contributed by atoms with Gasteiger partial charge >= 0.3 is 0 Å². The average Bonchev–Trinajstić information content (AvgIpc) is 3.24. The molecule has 4 aromatic rings. The normalized spacial score (nSPS) is 10.9. The molecule has 0 aliphatic rings. The van der Waals surface area contributed by atoms with Gasteiger partial charge in [0, 0.05) is 30.5 Å². The third kappa shape index (κ3) is 5.92. The van der Waals surface area contributed by atoms with E-state index >= 15 is 0 Å². The third-order valence-electron chi connectivity index (χ3n) is 5.04. The Balaban J connectivity index is 1.50. The van der Waals surface area contributed by atoms with E-state index in [0.717, 1.165) is 16.0 Å². The number of benzene rings is 2. The second-order valence-corrected chi connectivity index (χ2v) is 9.50. The van der Waals surface area contributed by atoms with Crippen molar-refractivity contribution in [3.05, 3.63) is 76.1 Å². The molecule has 0 radical (unpaired) electrons. The molecular formula is C25H24F2N6O2S. The molecule has 2 aromatic carbocycles. The molecule has 36 heavy (non-hydrogen) atoms. The van der Waals surface area contributed by atoms with Crippen molar-refractivity contribution in [2.75, 3.05) is 11.1 Å². The number of anilines is 3. The summed E-state index contributed by atoms with van der Waals surface area (Å²) in [4.78, 5) is 13.1. The van der Waals surface area contributed by atoms with Crippen LogP contribution < -0.4 is 20.5 Å². The van der Waals surface area contributed by atoms with E-state index in [9.17, 15) is 8.78 Å². The summed E-state index contributed by atoms with van der Waals surface area (Å²) in [5.41, 5.74) is 6.83. The predicted molar refractivity (Wildman–Crippen MR) is 135 cm³/mol. The zero-order valence-corrected chi connectivity index (χ0v) is 20.6. The first-order chi connectivity index (χ1) is 17.2. The average molecular weight is 511 g/mol. The fraction of sp³-hybridized carbons (Fsp3) is 0.200. The number of hydrogen-bond acceptors (Lipinski definition) is 9. The number of aromatic nitrogens is 3. The molecule has 0 aliphatic heterocycles. The molecule has 4 N–H and O–H groups in total. The lowest BCUT2D eigenvalue weighted by atomic mass is 10.0. The van der Waals surface area contributed by atoms with Crippen molar-refractivity contribution in [2.24, 2.45) is 5.92 Å². The molecule has 8 nitrogen and oxygen atoms in total. The van der Waals surface area contributed by atoms with Crippen LogP contribution in [0, 0.1) is 29.9 Å². The Kier molecular flexibility index (Phi) is 7.39. The van der Waals surface area contributed by atoms with E-state index in [1.54, 1.807) is 6.20 Å². The number of rotatable bonds is 9. The number of aryl methyl sites for hydroxylation is 1. The van der Waals surface area contributed by atoms with Gasteiger partial charge in [-0.1, -0.05) is 13.8 Å². The van der Waals surface area contributed by atoms with E-state index in [1.165, 1.54) is 48.0 Å². The predicted octanol–water partition coefficient (Wildman–Crippen LogP) is 6.24. The summed E-state index contributed by atoms with van der Waals surface area (Å²) in [6, 6.07) is 8.06. The minimum atomic E-state index is -0.647. The highest BCUT2D eigenvalue weighted by molar-refractivity contribution is 7.11. The van der Waals surface area contributed by atoms with Crippen LogP contribution in [0.3, 0.4) is 0 Å². The summed E-state index contributed by atoms with van der Waals surface area (Å²) in [5.74, 6) is -0.654. The summed E-state index contributed by atoms with van der Waals surface area (Å²) in [6.45, 7) is 5.83. The second kappa shape index (κ2) is 10.6. The first-order valence-electron chi connectivity index (χ1n) is 11.0. The lowest BCUT2D eigenvalue weighted by Crippen LogP contribution is -2.15. The molecule has 0 amide bonds. The monoisotopic (exact) mass is 510 g/mol. The highest BCUT2D eigenvalue weighted by atomic mass is 32.1. The fourth-order valence-electron chi connectivity index (χ4n) is 3.24. The summed E-state index contributed by atoms with van der Waals surface area (Å²) < 4.78 is 40.4. The van der Waals surface area contributed by atoms with Crippen LogP contribution in [-0.4, -0.2) is 20.7 Å². The molecular weight excluding hydrogens is 486 g/mol. The number of hydrogen-bond donors (Lipinski definition) is 3. The van der Waals surface area contributed by atoms with Crippen LogP contribution in [-0.2, 0) is 6.61 Å². The highest BCUT2D eigenvalue weighted by Gasteiger charge is 2.18. The van der Waals surface area contributed by atoms with Gasteiger partial charge in [0.05, 0.1) is 21.3 Å². The number of nitrogens with one attached hydrogen (secondary N) is 2. The van der Waals surface area contributed by atoms with Crippen molar-refractivity contribution in [2.45, 2.75) is 27.4 Å². The Morgan fingerprint density at radius 2 is 1.86 bits per heavy atom. The zero-order chi connectivity index (χ0) is 25.8. The first kappa shape index (κ1) is 25.0. The van der Waals surface area contributed by atoms with Crippen LogP contribution in [0.2, 0.25) is 0 Å². The van der Waals surface area contributed by atoms with E-state index in [0.29, 0.717) is 0 Å². The maximum atomic E-state index is 14.9. The van der Waals surface area contributed by atoms with Crippen LogP contribution in [0.4, 0.5) is 26.0 Å². The van der Waals surface area contributed by atoms with E-state index in [1.807, 2.05) is 20.8 Å². The molecule has 0 atom stereocenters. The maximum Gasteiger partial charge on any atom is 0.151 e. The van der Waals surface area contributed by atoms with Gasteiger partial charge in [0.2, 0.25) is 0 Å².